The minimum absolute atomic E-state index is 0.152. The number of halogens is 2. The van der Waals surface area contributed by atoms with Gasteiger partial charge >= 0.3 is 0 Å². The molecule has 3 atom stereocenters. The lowest BCUT2D eigenvalue weighted by Gasteiger charge is -2.25. The molecule has 1 aliphatic carbocycles. The van der Waals surface area contributed by atoms with Gasteiger partial charge in [-0.05, 0) is 43.0 Å². The average molecular weight is 412 g/mol. The Kier molecular flexibility index (Phi) is 4.83. The zero-order valence-electron chi connectivity index (χ0n) is 16.3. The molecule has 1 aromatic carbocycles. The van der Waals surface area contributed by atoms with Gasteiger partial charge in [-0.15, -0.1) is 0 Å². The first-order chi connectivity index (χ1) is 14.6. The molecule has 2 aromatic heterocycles. The third-order valence-electron chi connectivity index (χ3n) is 6.48. The largest absolute Gasteiger partial charge is 0.387 e. The van der Waals surface area contributed by atoms with Crippen molar-refractivity contribution < 1.29 is 18.4 Å². The van der Waals surface area contributed by atoms with Crippen LogP contribution in [-0.2, 0) is 5.41 Å². The molecule has 8 heteroatoms. The molecule has 1 saturated carbocycles. The number of pyridine rings is 1. The smallest absolute Gasteiger partial charge is 0.234 e. The number of aliphatic hydroxyl groups excluding tert-OH is 1. The number of benzene rings is 1. The Hall–Kier alpha value is -2.71. The van der Waals surface area contributed by atoms with E-state index in [0.717, 1.165) is 31.4 Å². The summed E-state index contributed by atoms with van der Waals surface area (Å²) < 4.78 is 33.8. The van der Waals surface area contributed by atoms with Crippen LogP contribution in [0.5, 0.6) is 0 Å². The molecule has 3 heterocycles. The van der Waals surface area contributed by atoms with Gasteiger partial charge in [0.15, 0.2) is 0 Å². The first-order valence-electron chi connectivity index (χ1n) is 10.2. The normalized spacial score (nSPS) is 24.8. The van der Waals surface area contributed by atoms with Crippen LogP contribution < -0.4 is 0 Å². The van der Waals surface area contributed by atoms with E-state index in [1.165, 1.54) is 18.2 Å². The fourth-order valence-electron chi connectivity index (χ4n) is 5.08. The number of fused-ring (bicyclic) bond motifs is 1. The summed E-state index contributed by atoms with van der Waals surface area (Å²) in [6.07, 6.45) is 5.13. The quantitative estimate of drug-likeness (QED) is 0.691. The molecule has 5 rings (SSSR count). The highest BCUT2D eigenvalue weighted by molar-refractivity contribution is 5.52. The van der Waals surface area contributed by atoms with Crippen LogP contribution in [-0.4, -0.2) is 44.8 Å². The van der Waals surface area contributed by atoms with Crippen molar-refractivity contribution in [3.05, 3.63) is 65.8 Å². The van der Waals surface area contributed by atoms with E-state index >= 15 is 0 Å². The molecule has 0 bridgehead atoms. The molecule has 3 aromatic rings. The first kappa shape index (κ1) is 19.3. The highest BCUT2D eigenvalue weighted by atomic mass is 19.1. The van der Waals surface area contributed by atoms with Crippen LogP contribution in [0.2, 0.25) is 0 Å². The molecule has 1 aliphatic heterocycles. The maximum atomic E-state index is 14.1. The SMILES string of the molecule is O[C@H](CN1C[C@H]2CCC[C@@]2(c2nc(-c3cccnc3)no2)C1)c1c(F)cccc1F. The third-order valence-corrected chi connectivity index (χ3v) is 6.48. The fraction of sp³-hybridized carbons (Fsp3) is 0.409. The van der Waals surface area contributed by atoms with E-state index in [0.29, 0.717) is 24.2 Å². The molecular weight excluding hydrogens is 390 g/mol. The minimum Gasteiger partial charge on any atom is -0.387 e. The Morgan fingerprint density at radius 3 is 2.83 bits per heavy atom. The Balaban J connectivity index is 1.37. The van der Waals surface area contributed by atoms with Gasteiger partial charge in [0, 0.05) is 37.6 Å². The molecule has 0 amide bonds. The van der Waals surface area contributed by atoms with Crippen LogP contribution in [0.25, 0.3) is 11.4 Å². The number of aliphatic hydroxyl groups is 1. The maximum Gasteiger partial charge on any atom is 0.234 e. The monoisotopic (exact) mass is 412 g/mol. The lowest BCUT2D eigenvalue weighted by atomic mass is 9.80. The summed E-state index contributed by atoms with van der Waals surface area (Å²) in [5.41, 5.74) is 0.222. The number of aromatic nitrogens is 3. The van der Waals surface area contributed by atoms with Crippen LogP contribution in [0.1, 0.15) is 36.8 Å². The molecular formula is C22H22F2N4O2. The third kappa shape index (κ3) is 3.20. The van der Waals surface area contributed by atoms with Gasteiger partial charge in [0.2, 0.25) is 11.7 Å². The van der Waals surface area contributed by atoms with E-state index in [1.54, 1.807) is 12.4 Å². The topological polar surface area (TPSA) is 75.3 Å². The Morgan fingerprint density at radius 1 is 1.23 bits per heavy atom. The second-order valence-electron chi connectivity index (χ2n) is 8.26. The molecule has 6 nitrogen and oxygen atoms in total. The van der Waals surface area contributed by atoms with Crippen LogP contribution >= 0.6 is 0 Å². The van der Waals surface area contributed by atoms with Gasteiger partial charge in [0.1, 0.15) is 11.6 Å². The van der Waals surface area contributed by atoms with Gasteiger partial charge in [0.05, 0.1) is 17.1 Å². The average Bonchev–Trinajstić information content (AvgIpc) is 3.43. The van der Waals surface area contributed by atoms with Crippen molar-refractivity contribution in [2.75, 3.05) is 19.6 Å². The van der Waals surface area contributed by atoms with E-state index in [4.69, 9.17) is 4.52 Å². The second kappa shape index (κ2) is 7.52. The molecule has 156 valence electrons. The highest BCUT2D eigenvalue weighted by Crippen LogP contribution is 2.50. The molecule has 2 fully saturated rings. The molecule has 0 radical (unpaired) electrons. The molecule has 1 N–H and O–H groups in total. The number of hydrogen-bond acceptors (Lipinski definition) is 6. The van der Waals surface area contributed by atoms with Crippen molar-refractivity contribution in [3.8, 4) is 11.4 Å². The van der Waals surface area contributed by atoms with Crippen molar-refractivity contribution in [3.63, 3.8) is 0 Å². The highest BCUT2D eigenvalue weighted by Gasteiger charge is 2.54. The summed E-state index contributed by atoms with van der Waals surface area (Å²) >= 11 is 0. The number of nitrogens with zero attached hydrogens (tertiary/aromatic N) is 4. The van der Waals surface area contributed by atoms with E-state index < -0.39 is 17.7 Å². The minimum atomic E-state index is -1.24. The second-order valence-corrected chi connectivity index (χ2v) is 8.26. The van der Waals surface area contributed by atoms with Gasteiger partial charge in [-0.3, -0.25) is 9.88 Å². The molecule has 0 unspecified atom stereocenters. The zero-order valence-corrected chi connectivity index (χ0v) is 16.3. The summed E-state index contributed by atoms with van der Waals surface area (Å²) in [4.78, 5) is 10.8. The number of likely N-dealkylation sites (tertiary alicyclic amines) is 1. The van der Waals surface area contributed by atoms with E-state index in [2.05, 4.69) is 15.1 Å². The Morgan fingerprint density at radius 2 is 2.07 bits per heavy atom. The van der Waals surface area contributed by atoms with Crippen LogP contribution in [0.4, 0.5) is 8.78 Å². The van der Waals surface area contributed by atoms with Gasteiger partial charge in [0.25, 0.3) is 0 Å². The summed E-state index contributed by atoms with van der Waals surface area (Å²) in [7, 11) is 0. The van der Waals surface area contributed by atoms with Gasteiger partial charge in [-0.25, -0.2) is 8.78 Å². The van der Waals surface area contributed by atoms with Crippen LogP contribution in [0.15, 0.2) is 47.2 Å². The van der Waals surface area contributed by atoms with E-state index in [-0.39, 0.29) is 17.5 Å². The summed E-state index contributed by atoms with van der Waals surface area (Å²) in [6, 6.07) is 7.33. The van der Waals surface area contributed by atoms with Gasteiger partial charge in [-0.1, -0.05) is 17.6 Å². The summed E-state index contributed by atoms with van der Waals surface area (Å²) in [5.74, 6) is -0.0513. The number of rotatable bonds is 5. The van der Waals surface area contributed by atoms with Crippen molar-refractivity contribution in [1.29, 1.82) is 0 Å². The Bertz CT molecular complexity index is 1020. The van der Waals surface area contributed by atoms with Crippen molar-refractivity contribution in [2.24, 2.45) is 5.92 Å². The van der Waals surface area contributed by atoms with Gasteiger partial charge < -0.3 is 9.63 Å². The summed E-state index contributed by atoms with van der Waals surface area (Å²) in [5, 5.41) is 14.7. The molecule has 1 saturated heterocycles. The predicted octanol–water partition coefficient (Wildman–Crippen LogP) is 3.50. The first-order valence-corrected chi connectivity index (χ1v) is 10.2. The molecule has 30 heavy (non-hydrogen) atoms. The number of β-amino-alcohol motifs (C(OH)–C–C–N with tert-alkyl or cyclic N) is 1. The van der Waals surface area contributed by atoms with Crippen molar-refractivity contribution in [1.82, 2.24) is 20.0 Å². The van der Waals surface area contributed by atoms with Crippen LogP contribution in [0.3, 0.4) is 0 Å². The zero-order chi connectivity index (χ0) is 20.7. The van der Waals surface area contributed by atoms with Crippen molar-refractivity contribution in [2.45, 2.75) is 30.8 Å². The van der Waals surface area contributed by atoms with Gasteiger partial charge in [-0.2, -0.15) is 4.98 Å². The standard InChI is InChI=1S/C22H22F2N4O2/c23-16-6-1-7-17(24)19(16)18(29)12-28-11-15-5-2-8-22(15,13-28)21-26-20(27-30-21)14-4-3-9-25-10-14/h1,3-4,6-7,9-10,15,18,29H,2,5,8,11-13H2/t15-,18-,22-/m1/s1. The maximum absolute atomic E-state index is 14.1. The Labute approximate surface area is 172 Å². The number of hydrogen-bond donors (Lipinski definition) is 1. The fourth-order valence-corrected chi connectivity index (χ4v) is 5.08. The predicted molar refractivity (Wildman–Crippen MR) is 104 cm³/mol. The molecule has 2 aliphatic rings. The molecule has 0 spiro atoms. The van der Waals surface area contributed by atoms with Crippen molar-refractivity contribution >= 4 is 0 Å². The lowest BCUT2D eigenvalue weighted by Crippen LogP contribution is -2.34. The van der Waals surface area contributed by atoms with E-state index in [1.807, 2.05) is 17.0 Å². The van der Waals surface area contributed by atoms with E-state index in [9.17, 15) is 13.9 Å². The summed E-state index contributed by atoms with van der Waals surface area (Å²) in [6.45, 7) is 1.48. The van der Waals surface area contributed by atoms with Crippen LogP contribution in [0, 0.1) is 17.6 Å². The lowest BCUT2D eigenvalue weighted by molar-refractivity contribution is 0.113.